The Hall–Kier alpha value is -1.99. The van der Waals surface area contributed by atoms with Crippen molar-refractivity contribution in [2.75, 3.05) is 5.32 Å². The van der Waals surface area contributed by atoms with E-state index in [4.69, 9.17) is 11.6 Å². The van der Waals surface area contributed by atoms with Crippen LogP contribution in [0.2, 0.25) is 0 Å². The van der Waals surface area contributed by atoms with Gasteiger partial charge < -0.3 is 5.32 Å². The number of halogens is 3. The number of hydrogen-bond donors (Lipinski definition) is 1. The minimum absolute atomic E-state index is 0.103. The van der Waals surface area contributed by atoms with Crippen LogP contribution < -0.4 is 5.32 Å². The maximum absolute atomic E-state index is 13.3. The topological polar surface area (TPSA) is 58.5 Å². The maximum atomic E-state index is 13.3. The number of hydrogen-bond acceptors (Lipinski definition) is 3. The van der Waals surface area contributed by atoms with E-state index in [9.17, 15) is 17.2 Å². The number of sulfonamides is 1. The van der Waals surface area contributed by atoms with Crippen molar-refractivity contribution in [3.63, 3.8) is 0 Å². The summed E-state index contributed by atoms with van der Waals surface area (Å²) in [7, 11) is -3.94. The summed E-state index contributed by atoms with van der Waals surface area (Å²) >= 11 is 5.66. The molecule has 2 aromatic carbocycles. The lowest BCUT2D eigenvalue weighted by molar-refractivity contribution is 0.584. The van der Waals surface area contributed by atoms with Gasteiger partial charge in [0.1, 0.15) is 16.5 Å². The van der Waals surface area contributed by atoms with Crippen LogP contribution >= 0.6 is 11.6 Å². The molecule has 1 aliphatic heterocycles. The number of amidine groups is 1. The fourth-order valence-corrected chi connectivity index (χ4v) is 3.50. The Balaban J connectivity index is 2.29. The van der Waals surface area contributed by atoms with E-state index in [1.165, 1.54) is 18.2 Å². The molecule has 0 bridgehead atoms. The predicted octanol–water partition coefficient (Wildman–Crippen LogP) is 3.34. The van der Waals surface area contributed by atoms with E-state index < -0.39 is 21.7 Å². The number of rotatable bonds is 1. The zero-order chi connectivity index (χ0) is 15.2. The highest BCUT2D eigenvalue weighted by molar-refractivity contribution is 7.90. The monoisotopic (exact) mass is 328 g/mol. The standard InChI is InChI=1S/C13H7ClF2N2O2S/c14-13-17-12-10(7-4-8(15)6-9(16)5-7)2-1-3-11(12)21(19,20)18-13/h1-6H,(H,17,18). The Kier molecular flexibility index (Phi) is 3.18. The van der Waals surface area contributed by atoms with Crippen molar-refractivity contribution in [2.24, 2.45) is 4.40 Å². The summed E-state index contributed by atoms with van der Waals surface area (Å²) < 4.78 is 53.9. The molecule has 4 nitrogen and oxygen atoms in total. The van der Waals surface area contributed by atoms with Gasteiger partial charge in [0.05, 0.1) is 5.69 Å². The smallest absolute Gasteiger partial charge is 0.287 e. The van der Waals surface area contributed by atoms with E-state index in [0.717, 1.165) is 18.2 Å². The van der Waals surface area contributed by atoms with E-state index in [2.05, 4.69) is 9.71 Å². The second-order valence-electron chi connectivity index (χ2n) is 4.32. The molecule has 1 N–H and O–H groups in total. The molecule has 0 amide bonds. The SMILES string of the molecule is O=S1(=O)N=C(Cl)Nc2c(-c3cc(F)cc(F)c3)cccc21. The molecule has 21 heavy (non-hydrogen) atoms. The first-order valence-electron chi connectivity index (χ1n) is 5.74. The van der Waals surface area contributed by atoms with Gasteiger partial charge in [0.15, 0.2) is 0 Å². The molecule has 108 valence electrons. The lowest BCUT2D eigenvalue weighted by Crippen LogP contribution is -2.17. The van der Waals surface area contributed by atoms with E-state index in [1.54, 1.807) is 0 Å². The Morgan fingerprint density at radius 3 is 2.43 bits per heavy atom. The van der Waals surface area contributed by atoms with Crippen molar-refractivity contribution in [1.29, 1.82) is 0 Å². The molecular formula is C13H7ClF2N2O2S. The van der Waals surface area contributed by atoms with Gasteiger partial charge in [-0.1, -0.05) is 12.1 Å². The third kappa shape index (κ3) is 2.50. The summed E-state index contributed by atoms with van der Waals surface area (Å²) in [4.78, 5) is -0.103. The molecule has 0 saturated carbocycles. The van der Waals surface area contributed by atoms with Crippen molar-refractivity contribution < 1.29 is 17.2 Å². The number of nitrogens with one attached hydrogen (secondary N) is 1. The minimum atomic E-state index is -3.94. The minimum Gasteiger partial charge on any atom is -0.328 e. The van der Waals surface area contributed by atoms with Gasteiger partial charge in [-0.2, -0.15) is 8.42 Å². The Morgan fingerprint density at radius 1 is 1.10 bits per heavy atom. The Bertz CT molecular complexity index is 861. The largest absolute Gasteiger partial charge is 0.328 e. The van der Waals surface area contributed by atoms with Crippen molar-refractivity contribution in [1.82, 2.24) is 0 Å². The summed E-state index contributed by atoms with van der Waals surface area (Å²) in [5, 5.41) is 2.29. The number of nitrogens with zero attached hydrogens (tertiary/aromatic N) is 1. The number of para-hydroxylation sites is 1. The zero-order valence-electron chi connectivity index (χ0n) is 10.3. The van der Waals surface area contributed by atoms with Crippen LogP contribution in [-0.2, 0) is 10.0 Å². The van der Waals surface area contributed by atoms with Gasteiger partial charge in [-0.25, -0.2) is 8.78 Å². The van der Waals surface area contributed by atoms with Crippen LogP contribution in [0.4, 0.5) is 14.5 Å². The normalized spacial score (nSPS) is 15.9. The van der Waals surface area contributed by atoms with Crippen LogP contribution in [0.3, 0.4) is 0 Å². The fourth-order valence-electron chi connectivity index (χ4n) is 2.11. The third-order valence-corrected chi connectivity index (χ3v) is 4.50. The van der Waals surface area contributed by atoms with Crippen molar-refractivity contribution in [3.8, 4) is 11.1 Å². The number of anilines is 1. The molecule has 0 unspecified atom stereocenters. The van der Waals surface area contributed by atoms with Crippen molar-refractivity contribution in [3.05, 3.63) is 48.0 Å². The van der Waals surface area contributed by atoms with Gasteiger partial charge in [0.2, 0.25) is 5.29 Å². The highest BCUT2D eigenvalue weighted by Crippen LogP contribution is 2.37. The third-order valence-electron chi connectivity index (χ3n) is 2.91. The van der Waals surface area contributed by atoms with Gasteiger partial charge >= 0.3 is 0 Å². The van der Waals surface area contributed by atoms with Crippen LogP contribution in [-0.4, -0.2) is 13.7 Å². The quantitative estimate of drug-likeness (QED) is 0.817. The molecule has 0 fully saturated rings. The average molecular weight is 329 g/mol. The van der Waals surface area contributed by atoms with Crippen LogP contribution in [0.5, 0.6) is 0 Å². The second-order valence-corrected chi connectivity index (χ2v) is 6.25. The van der Waals surface area contributed by atoms with E-state index in [0.29, 0.717) is 5.56 Å². The molecule has 0 saturated heterocycles. The molecule has 2 aromatic rings. The lowest BCUT2D eigenvalue weighted by Gasteiger charge is -2.18. The molecule has 1 aliphatic rings. The molecule has 3 rings (SSSR count). The highest BCUT2D eigenvalue weighted by Gasteiger charge is 2.26. The van der Waals surface area contributed by atoms with E-state index in [-0.39, 0.29) is 21.4 Å². The molecular weight excluding hydrogens is 322 g/mol. The van der Waals surface area contributed by atoms with Gasteiger partial charge in [0, 0.05) is 11.6 Å². The zero-order valence-corrected chi connectivity index (χ0v) is 11.8. The van der Waals surface area contributed by atoms with Gasteiger partial charge in [0.25, 0.3) is 10.0 Å². The van der Waals surface area contributed by atoms with Crippen LogP contribution in [0.15, 0.2) is 45.7 Å². The Labute approximate surface area is 124 Å². The number of fused-ring (bicyclic) bond motifs is 1. The molecule has 0 radical (unpaired) electrons. The first kappa shape index (κ1) is 14.0. The molecule has 0 spiro atoms. The molecule has 0 atom stereocenters. The van der Waals surface area contributed by atoms with Gasteiger partial charge in [-0.05, 0) is 35.4 Å². The Morgan fingerprint density at radius 2 is 1.76 bits per heavy atom. The molecule has 0 aliphatic carbocycles. The summed E-state index contributed by atoms with van der Waals surface area (Å²) in [6.07, 6.45) is 0. The predicted molar refractivity (Wildman–Crippen MR) is 75.9 cm³/mol. The summed E-state index contributed by atoms with van der Waals surface area (Å²) in [5.41, 5.74) is 0.642. The highest BCUT2D eigenvalue weighted by atomic mass is 35.5. The van der Waals surface area contributed by atoms with E-state index >= 15 is 0 Å². The van der Waals surface area contributed by atoms with Crippen LogP contribution in [0, 0.1) is 11.6 Å². The van der Waals surface area contributed by atoms with Crippen molar-refractivity contribution in [2.45, 2.75) is 4.90 Å². The number of benzene rings is 2. The summed E-state index contributed by atoms with van der Waals surface area (Å²) in [5.74, 6) is -1.53. The van der Waals surface area contributed by atoms with Crippen molar-refractivity contribution >= 4 is 32.6 Å². The molecule has 8 heteroatoms. The summed E-state index contributed by atoms with van der Waals surface area (Å²) in [6, 6.07) is 7.27. The van der Waals surface area contributed by atoms with E-state index in [1.807, 2.05) is 0 Å². The first-order valence-corrected chi connectivity index (χ1v) is 7.55. The lowest BCUT2D eigenvalue weighted by atomic mass is 10.0. The van der Waals surface area contributed by atoms with Gasteiger partial charge in [-0.15, -0.1) is 4.40 Å². The summed E-state index contributed by atoms with van der Waals surface area (Å²) in [6.45, 7) is 0. The van der Waals surface area contributed by atoms with Crippen LogP contribution in [0.1, 0.15) is 0 Å². The van der Waals surface area contributed by atoms with Gasteiger partial charge in [-0.3, -0.25) is 0 Å². The van der Waals surface area contributed by atoms with Crippen LogP contribution in [0.25, 0.3) is 11.1 Å². The first-order chi connectivity index (χ1) is 9.87. The fraction of sp³-hybridized carbons (Fsp3) is 0. The average Bonchev–Trinajstić information content (AvgIpc) is 2.35. The maximum Gasteiger partial charge on any atom is 0.287 e. The molecule has 0 aromatic heterocycles. The molecule has 1 heterocycles. The second kappa shape index (κ2) is 4.78.